The van der Waals surface area contributed by atoms with Crippen molar-refractivity contribution in [2.24, 2.45) is 5.10 Å². The van der Waals surface area contributed by atoms with E-state index >= 15 is 0 Å². The summed E-state index contributed by atoms with van der Waals surface area (Å²) in [5.41, 5.74) is 2.83. The fourth-order valence-electron chi connectivity index (χ4n) is 4.09. The Labute approximate surface area is 204 Å². The van der Waals surface area contributed by atoms with Gasteiger partial charge in [-0.2, -0.15) is 9.78 Å². The number of hydrogen-bond acceptors (Lipinski definition) is 3. The van der Waals surface area contributed by atoms with E-state index < -0.39 is 0 Å². The first kappa shape index (κ1) is 22.2. The van der Waals surface area contributed by atoms with Gasteiger partial charge in [0.15, 0.2) is 0 Å². The molecule has 0 saturated carbocycles. The number of halogens is 2. The largest absolute Gasteiger partial charge is 0.342 e. The van der Waals surface area contributed by atoms with Crippen LogP contribution < -0.4 is 5.56 Å². The number of benzene rings is 3. The molecule has 5 rings (SSSR count). The van der Waals surface area contributed by atoms with Gasteiger partial charge in [-0.05, 0) is 30.3 Å². The van der Waals surface area contributed by atoms with Gasteiger partial charge in [-0.25, -0.2) is 9.37 Å². The van der Waals surface area contributed by atoms with E-state index in [1.165, 1.54) is 10.7 Å². The van der Waals surface area contributed by atoms with Crippen LogP contribution in [0.15, 0.2) is 87.3 Å². The van der Waals surface area contributed by atoms with Crippen molar-refractivity contribution in [3.05, 3.63) is 111 Å². The molecule has 3 aromatic carbocycles. The van der Waals surface area contributed by atoms with Gasteiger partial charge >= 0.3 is 0 Å². The number of para-hydroxylation sites is 1. The Morgan fingerprint density at radius 3 is 2.62 bits per heavy atom. The molecule has 0 radical (unpaired) electrons. The highest BCUT2D eigenvalue weighted by Crippen LogP contribution is 2.23. The normalized spacial score (nSPS) is 11.9. The third kappa shape index (κ3) is 4.07. The first-order chi connectivity index (χ1) is 16.4. The number of fused-ring (bicyclic) bond motifs is 2. The molecule has 5 aromatic rings. The van der Waals surface area contributed by atoms with Crippen molar-refractivity contribution in [1.82, 2.24) is 14.2 Å². The highest BCUT2D eigenvalue weighted by Gasteiger charge is 2.14. The summed E-state index contributed by atoms with van der Waals surface area (Å²) in [5, 5.41) is 6.05. The third-order valence-corrected chi connectivity index (χ3v) is 6.27. The van der Waals surface area contributed by atoms with Gasteiger partial charge in [-0.15, -0.1) is 0 Å². The second kappa shape index (κ2) is 8.99. The van der Waals surface area contributed by atoms with E-state index in [2.05, 4.69) is 21.0 Å². The van der Waals surface area contributed by atoms with E-state index in [1.54, 1.807) is 24.4 Å². The van der Waals surface area contributed by atoms with Gasteiger partial charge in [0.1, 0.15) is 11.6 Å². The maximum absolute atomic E-state index is 14.3. The predicted octanol–water partition coefficient (Wildman–Crippen LogP) is 6.31. The Hall–Kier alpha value is -3.58. The minimum absolute atomic E-state index is 0.000273. The summed E-state index contributed by atoms with van der Waals surface area (Å²) >= 11 is 3.43. The van der Waals surface area contributed by atoms with E-state index in [4.69, 9.17) is 4.98 Å². The van der Waals surface area contributed by atoms with Crippen LogP contribution in [0.5, 0.6) is 0 Å². The molecule has 0 aliphatic carbocycles. The van der Waals surface area contributed by atoms with Gasteiger partial charge in [0, 0.05) is 38.6 Å². The molecular formula is C27H22BrFN4O. The van der Waals surface area contributed by atoms with Crippen LogP contribution in [0.25, 0.3) is 21.8 Å². The first-order valence-corrected chi connectivity index (χ1v) is 11.8. The van der Waals surface area contributed by atoms with Gasteiger partial charge in [-0.3, -0.25) is 4.79 Å². The molecule has 0 amide bonds. The minimum atomic E-state index is -0.239. The van der Waals surface area contributed by atoms with Gasteiger partial charge < -0.3 is 4.57 Å². The lowest BCUT2D eigenvalue weighted by atomic mass is 10.2. The summed E-state index contributed by atoms with van der Waals surface area (Å²) in [6.07, 6.45) is 3.62. The van der Waals surface area contributed by atoms with Crippen molar-refractivity contribution in [1.29, 1.82) is 0 Å². The zero-order valence-corrected chi connectivity index (χ0v) is 20.3. The quantitative estimate of drug-likeness (QED) is 0.257. The van der Waals surface area contributed by atoms with Crippen molar-refractivity contribution in [2.45, 2.75) is 26.3 Å². The summed E-state index contributed by atoms with van der Waals surface area (Å²) in [6.45, 7) is 4.36. The molecule has 2 aromatic heterocycles. The standard InChI is InChI=1S/C27H22BrFN4O/c1-17(2)26-31-24-12-11-20(28)13-22(24)27(34)33(26)30-14-19-16-32(25-10-6-4-8-21(19)25)15-18-7-3-5-9-23(18)29/h3-14,16-17H,15H2,1-2H3. The molecule has 0 N–H and O–H groups in total. The van der Waals surface area contributed by atoms with Crippen molar-refractivity contribution in [3.63, 3.8) is 0 Å². The van der Waals surface area contributed by atoms with E-state index in [0.717, 1.165) is 20.9 Å². The molecule has 34 heavy (non-hydrogen) atoms. The topological polar surface area (TPSA) is 52.2 Å². The summed E-state index contributed by atoms with van der Waals surface area (Å²) in [7, 11) is 0. The Morgan fingerprint density at radius 2 is 1.82 bits per heavy atom. The van der Waals surface area contributed by atoms with Crippen LogP contribution in [0, 0.1) is 5.82 Å². The van der Waals surface area contributed by atoms with E-state index in [-0.39, 0.29) is 17.3 Å². The average Bonchev–Trinajstić information content (AvgIpc) is 3.17. The maximum Gasteiger partial charge on any atom is 0.282 e. The zero-order chi connectivity index (χ0) is 23.8. The molecule has 170 valence electrons. The fourth-order valence-corrected chi connectivity index (χ4v) is 4.45. The van der Waals surface area contributed by atoms with Crippen LogP contribution in [0.2, 0.25) is 0 Å². The molecule has 5 nitrogen and oxygen atoms in total. The lowest BCUT2D eigenvalue weighted by Crippen LogP contribution is -2.23. The lowest BCUT2D eigenvalue weighted by Gasteiger charge is -2.11. The van der Waals surface area contributed by atoms with Crippen LogP contribution in [0.4, 0.5) is 4.39 Å². The SMILES string of the molecule is CC(C)c1nc2ccc(Br)cc2c(=O)n1N=Cc1cn(Cc2ccccc2F)c2ccccc12. The van der Waals surface area contributed by atoms with E-state index in [9.17, 15) is 9.18 Å². The molecule has 0 aliphatic heterocycles. The monoisotopic (exact) mass is 516 g/mol. The molecule has 2 heterocycles. The molecule has 7 heteroatoms. The summed E-state index contributed by atoms with van der Waals surface area (Å²) in [6, 6.07) is 20.1. The molecule has 0 spiro atoms. The smallest absolute Gasteiger partial charge is 0.282 e. The summed E-state index contributed by atoms with van der Waals surface area (Å²) in [5.74, 6) is 0.350. The second-order valence-electron chi connectivity index (χ2n) is 8.47. The summed E-state index contributed by atoms with van der Waals surface area (Å²) < 4.78 is 18.5. The number of hydrogen-bond donors (Lipinski definition) is 0. The van der Waals surface area contributed by atoms with Gasteiger partial charge in [0.2, 0.25) is 0 Å². The average molecular weight is 517 g/mol. The predicted molar refractivity (Wildman–Crippen MR) is 138 cm³/mol. The van der Waals surface area contributed by atoms with Crippen LogP contribution >= 0.6 is 15.9 Å². The number of aromatic nitrogens is 3. The number of nitrogens with zero attached hydrogens (tertiary/aromatic N) is 4. The molecule has 0 unspecified atom stereocenters. The van der Waals surface area contributed by atoms with Crippen LogP contribution in [-0.2, 0) is 6.54 Å². The lowest BCUT2D eigenvalue weighted by molar-refractivity contribution is 0.602. The Balaban J connectivity index is 1.63. The molecule has 0 saturated heterocycles. The van der Waals surface area contributed by atoms with Crippen molar-refractivity contribution < 1.29 is 4.39 Å². The highest BCUT2D eigenvalue weighted by atomic mass is 79.9. The zero-order valence-electron chi connectivity index (χ0n) is 18.7. The maximum atomic E-state index is 14.3. The Morgan fingerprint density at radius 1 is 1.06 bits per heavy atom. The van der Waals surface area contributed by atoms with Crippen molar-refractivity contribution in [3.8, 4) is 0 Å². The van der Waals surface area contributed by atoms with E-state index in [0.29, 0.717) is 28.8 Å². The van der Waals surface area contributed by atoms with E-state index in [1.807, 2.05) is 67.1 Å². The second-order valence-corrected chi connectivity index (χ2v) is 9.38. The van der Waals surface area contributed by atoms with Crippen LogP contribution in [-0.4, -0.2) is 20.4 Å². The molecule has 0 atom stereocenters. The van der Waals surface area contributed by atoms with Crippen molar-refractivity contribution >= 4 is 44.0 Å². The van der Waals surface area contributed by atoms with Gasteiger partial charge in [-0.1, -0.05) is 66.2 Å². The molecule has 0 bridgehead atoms. The number of rotatable bonds is 5. The molecular weight excluding hydrogens is 495 g/mol. The summed E-state index contributed by atoms with van der Waals surface area (Å²) in [4.78, 5) is 18.0. The highest BCUT2D eigenvalue weighted by molar-refractivity contribution is 9.10. The van der Waals surface area contributed by atoms with Crippen LogP contribution in [0.1, 0.15) is 36.7 Å². The van der Waals surface area contributed by atoms with Crippen LogP contribution in [0.3, 0.4) is 0 Å². The Bertz CT molecular complexity index is 1620. The molecule has 0 fully saturated rings. The van der Waals surface area contributed by atoms with Gasteiger partial charge in [0.25, 0.3) is 5.56 Å². The van der Waals surface area contributed by atoms with Crippen molar-refractivity contribution in [2.75, 3.05) is 0 Å². The minimum Gasteiger partial charge on any atom is -0.342 e. The molecule has 0 aliphatic rings. The van der Waals surface area contributed by atoms with Gasteiger partial charge in [0.05, 0.1) is 23.7 Å². The first-order valence-electron chi connectivity index (χ1n) is 11.0. The Kier molecular flexibility index (Phi) is 5.87. The third-order valence-electron chi connectivity index (χ3n) is 5.78. The fraction of sp³-hybridized carbons (Fsp3) is 0.148.